The molecule has 1 fully saturated rings. The second-order valence-electron chi connectivity index (χ2n) is 6.42. The van der Waals surface area contributed by atoms with Gasteiger partial charge in [-0.05, 0) is 55.3 Å². The van der Waals surface area contributed by atoms with E-state index in [0.717, 1.165) is 0 Å². The fraction of sp³-hybridized carbons (Fsp3) is 0.500. The van der Waals surface area contributed by atoms with Gasteiger partial charge >= 0.3 is 5.51 Å². The van der Waals surface area contributed by atoms with Crippen LogP contribution in [-0.4, -0.2) is 61.0 Å². The van der Waals surface area contributed by atoms with Gasteiger partial charge in [-0.2, -0.15) is 13.2 Å². The number of carbonyl (C=O) groups is 1. The smallest absolute Gasteiger partial charge is 0.339 e. The molecule has 0 aromatic heterocycles. The van der Waals surface area contributed by atoms with E-state index in [9.17, 15) is 26.4 Å². The van der Waals surface area contributed by atoms with Crippen LogP contribution in [0, 0.1) is 0 Å². The molecule has 5 nitrogen and oxygen atoms in total. The van der Waals surface area contributed by atoms with Gasteiger partial charge in [0.15, 0.2) is 0 Å². The van der Waals surface area contributed by atoms with Crippen LogP contribution >= 0.6 is 11.8 Å². The number of nitrogens with zero attached hydrogens (tertiary/aromatic N) is 2. The Labute approximate surface area is 167 Å². The summed E-state index contributed by atoms with van der Waals surface area (Å²) in [5.74, 6) is -0.153. The number of piperidine rings is 1. The summed E-state index contributed by atoms with van der Waals surface area (Å²) in [7, 11) is -1.68. The SMILES string of the molecule is CCS(=O)(=O)N(C)C1CCN(C(=O)/C=C/c2ccc(SC(F)(F)F)cc2)CC1. The summed E-state index contributed by atoms with van der Waals surface area (Å²) < 4.78 is 62.3. The number of amides is 1. The first-order chi connectivity index (χ1) is 13.0. The van der Waals surface area contributed by atoms with Gasteiger partial charge in [0.05, 0.1) is 5.75 Å². The van der Waals surface area contributed by atoms with Gasteiger partial charge in [0.2, 0.25) is 15.9 Å². The minimum absolute atomic E-state index is 0.0473. The number of thioether (sulfide) groups is 1. The lowest BCUT2D eigenvalue weighted by atomic mass is 10.1. The summed E-state index contributed by atoms with van der Waals surface area (Å²) in [6.07, 6.45) is 4.08. The van der Waals surface area contributed by atoms with E-state index in [1.165, 1.54) is 34.6 Å². The van der Waals surface area contributed by atoms with Crippen LogP contribution in [0.25, 0.3) is 6.08 Å². The van der Waals surface area contributed by atoms with Gasteiger partial charge in [0, 0.05) is 37.2 Å². The summed E-state index contributed by atoms with van der Waals surface area (Å²) in [6.45, 7) is 2.51. The summed E-state index contributed by atoms with van der Waals surface area (Å²) >= 11 is -0.184. The molecule has 0 saturated carbocycles. The summed E-state index contributed by atoms with van der Waals surface area (Å²) in [6, 6.07) is 5.65. The Morgan fingerprint density at radius 3 is 2.32 bits per heavy atom. The fourth-order valence-corrected chi connectivity index (χ4v) is 4.55. The minimum Gasteiger partial charge on any atom is -0.339 e. The number of hydrogen-bond donors (Lipinski definition) is 0. The molecule has 0 radical (unpaired) electrons. The van der Waals surface area contributed by atoms with Gasteiger partial charge in [-0.25, -0.2) is 12.7 Å². The summed E-state index contributed by atoms with van der Waals surface area (Å²) in [5.41, 5.74) is -3.70. The van der Waals surface area contributed by atoms with Crippen molar-refractivity contribution in [3.63, 3.8) is 0 Å². The van der Waals surface area contributed by atoms with Crippen molar-refractivity contribution in [2.75, 3.05) is 25.9 Å². The van der Waals surface area contributed by atoms with Gasteiger partial charge in [0.1, 0.15) is 0 Å². The molecule has 0 N–H and O–H groups in total. The van der Waals surface area contributed by atoms with E-state index in [0.29, 0.717) is 31.5 Å². The van der Waals surface area contributed by atoms with E-state index in [-0.39, 0.29) is 34.4 Å². The maximum Gasteiger partial charge on any atom is 0.446 e. The Morgan fingerprint density at radius 1 is 1.25 bits per heavy atom. The number of hydrogen-bond acceptors (Lipinski definition) is 4. The van der Waals surface area contributed by atoms with Gasteiger partial charge in [-0.1, -0.05) is 12.1 Å². The number of rotatable bonds is 6. The van der Waals surface area contributed by atoms with Crippen molar-refractivity contribution in [3.05, 3.63) is 35.9 Å². The molecule has 1 aliphatic rings. The molecular formula is C18H23F3N2O3S2. The van der Waals surface area contributed by atoms with Gasteiger partial charge in [-0.15, -0.1) is 0 Å². The van der Waals surface area contributed by atoms with Crippen LogP contribution in [-0.2, 0) is 14.8 Å². The lowest BCUT2D eigenvalue weighted by molar-refractivity contribution is -0.127. The third-order valence-electron chi connectivity index (χ3n) is 4.63. The summed E-state index contributed by atoms with van der Waals surface area (Å²) in [5, 5.41) is 0. The monoisotopic (exact) mass is 436 g/mol. The maximum absolute atomic E-state index is 12.3. The average Bonchev–Trinajstić information content (AvgIpc) is 2.65. The minimum atomic E-state index is -4.33. The largest absolute Gasteiger partial charge is 0.446 e. The Morgan fingerprint density at radius 2 is 1.82 bits per heavy atom. The fourth-order valence-electron chi connectivity index (χ4n) is 2.93. The predicted molar refractivity (Wildman–Crippen MR) is 104 cm³/mol. The van der Waals surface area contributed by atoms with Gasteiger partial charge in [0.25, 0.3) is 0 Å². The van der Waals surface area contributed by atoms with Crippen LogP contribution in [0.3, 0.4) is 0 Å². The highest BCUT2D eigenvalue weighted by Gasteiger charge is 2.30. The Balaban J connectivity index is 1.89. The molecule has 2 rings (SSSR count). The number of alkyl halides is 3. The first kappa shape index (κ1) is 22.8. The van der Waals surface area contributed by atoms with E-state index in [4.69, 9.17) is 0 Å². The molecule has 1 saturated heterocycles. The predicted octanol–water partition coefficient (Wildman–Crippen LogP) is 3.58. The van der Waals surface area contributed by atoms with Crippen LogP contribution in [0.4, 0.5) is 13.2 Å². The van der Waals surface area contributed by atoms with E-state index < -0.39 is 15.5 Å². The molecule has 0 spiro atoms. The molecule has 0 bridgehead atoms. The number of halogens is 3. The molecule has 28 heavy (non-hydrogen) atoms. The molecular weight excluding hydrogens is 413 g/mol. The van der Waals surface area contributed by atoms with Crippen molar-refractivity contribution in [2.24, 2.45) is 0 Å². The molecule has 10 heteroatoms. The van der Waals surface area contributed by atoms with E-state index in [1.54, 1.807) is 24.9 Å². The average molecular weight is 437 g/mol. The number of carbonyl (C=O) groups excluding carboxylic acids is 1. The molecule has 1 aliphatic heterocycles. The van der Waals surface area contributed by atoms with Crippen molar-refractivity contribution >= 4 is 33.8 Å². The van der Waals surface area contributed by atoms with E-state index in [2.05, 4.69) is 0 Å². The molecule has 156 valence electrons. The second kappa shape index (κ2) is 9.32. The van der Waals surface area contributed by atoms with Gasteiger partial charge < -0.3 is 4.90 Å². The normalized spacial score (nSPS) is 16.9. The first-order valence-electron chi connectivity index (χ1n) is 8.80. The molecule has 0 atom stereocenters. The highest BCUT2D eigenvalue weighted by Crippen LogP contribution is 2.36. The lowest BCUT2D eigenvalue weighted by Gasteiger charge is -2.35. The number of sulfonamides is 1. The highest BCUT2D eigenvalue weighted by atomic mass is 32.2. The van der Waals surface area contributed by atoms with Crippen LogP contribution < -0.4 is 0 Å². The topological polar surface area (TPSA) is 57.7 Å². The molecule has 0 aliphatic carbocycles. The van der Waals surface area contributed by atoms with Crippen molar-refractivity contribution in [1.29, 1.82) is 0 Å². The molecule has 0 unspecified atom stereocenters. The standard InChI is InChI=1S/C18H23F3N2O3S2/c1-3-28(25,26)22(2)15-10-12-23(13-11-15)17(24)9-6-14-4-7-16(8-5-14)27-18(19,20)21/h4-9,15H,3,10-13H2,1-2H3/b9-6+. The zero-order valence-corrected chi connectivity index (χ0v) is 17.3. The number of likely N-dealkylation sites (tertiary alicyclic amines) is 1. The molecule has 1 amide bonds. The highest BCUT2D eigenvalue weighted by molar-refractivity contribution is 8.00. The van der Waals surface area contributed by atoms with Crippen LogP contribution in [0.1, 0.15) is 25.3 Å². The maximum atomic E-state index is 12.3. The van der Waals surface area contributed by atoms with Crippen LogP contribution in [0.15, 0.2) is 35.2 Å². The Kier molecular flexibility index (Phi) is 7.58. The van der Waals surface area contributed by atoms with Gasteiger partial charge in [-0.3, -0.25) is 4.79 Å². The zero-order valence-electron chi connectivity index (χ0n) is 15.6. The van der Waals surface area contributed by atoms with Crippen LogP contribution in [0.2, 0.25) is 0 Å². The Hall–Kier alpha value is -1.52. The molecule has 1 heterocycles. The third kappa shape index (κ3) is 6.52. The Bertz CT molecular complexity index is 800. The second-order valence-corrected chi connectivity index (χ2v) is 9.88. The number of benzene rings is 1. The van der Waals surface area contributed by atoms with Crippen molar-refractivity contribution < 1.29 is 26.4 Å². The summed E-state index contributed by atoms with van der Waals surface area (Å²) in [4.78, 5) is 14.0. The van der Waals surface area contributed by atoms with Crippen molar-refractivity contribution in [3.8, 4) is 0 Å². The van der Waals surface area contributed by atoms with E-state index in [1.807, 2.05) is 0 Å². The molecule has 1 aromatic carbocycles. The van der Waals surface area contributed by atoms with Crippen molar-refractivity contribution in [2.45, 2.75) is 36.2 Å². The first-order valence-corrected chi connectivity index (χ1v) is 11.2. The lowest BCUT2D eigenvalue weighted by Crippen LogP contribution is -2.47. The molecule has 1 aromatic rings. The van der Waals surface area contributed by atoms with E-state index >= 15 is 0 Å². The quantitative estimate of drug-likeness (QED) is 0.505. The third-order valence-corrected chi connectivity index (χ3v) is 7.27. The van der Waals surface area contributed by atoms with Crippen molar-refractivity contribution in [1.82, 2.24) is 9.21 Å². The zero-order chi connectivity index (χ0) is 20.9. The van der Waals surface area contributed by atoms with Crippen LogP contribution in [0.5, 0.6) is 0 Å².